The zero-order valence-electron chi connectivity index (χ0n) is 20.4. The summed E-state index contributed by atoms with van der Waals surface area (Å²) in [4.78, 5) is 28.1. The van der Waals surface area contributed by atoms with Crippen LogP contribution in [0.4, 0.5) is 5.69 Å². The van der Waals surface area contributed by atoms with Gasteiger partial charge in [0.2, 0.25) is 21.8 Å². The molecule has 1 unspecified atom stereocenters. The molecular formula is C25H30Cl3N3O4S. The van der Waals surface area contributed by atoms with Crippen LogP contribution in [-0.2, 0) is 26.2 Å². The summed E-state index contributed by atoms with van der Waals surface area (Å²) in [6.07, 6.45) is 4.90. The van der Waals surface area contributed by atoms with Crippen molar-refractivity contribution >= 4 is 62.3 Å². The maximum atomic E-state index is 13.6. The Bertz CT molecular complexity index is 1230. The second-order valence-electron chi connectivity index (χ2n) is 9.13. The number of nitrogens with one attached hydrogen (secondary N) is 1. The molecule has 3 rings (SSSR count). The Labute approximate surface area is 227 Å². The van der Waals surface area contributed by atoms with Crippen LogP contribution < -0.4 is 9.62 Å². The summed E-state index contributed by atoms with van der Waals surface area (Å²) >= 11 is 18.6. The minimum Gasteiger partial charge on any atom is -0.352 e. The number of carbonyl (C=O) groups is 2. The minimum absolute atomic E-state index is 0.000342. The standard InChI is InChI=1S/C25H30Cl3N3O4S/c1-16-8-11-21(13-22(16)27)31(36(3,34)35)15-24(32)30(14-18-9-10-19(26)12-23(18)28)17(2)25(33)29-20-6-4-5-7-20/h8-13,17,20H,4-7,14-15H2,1-3H3,(H,29,33). The third kappa shape index (κ3) is 7.28. The second-order valence-corrected chi connectivity index (χ2v) is 12.3. The van der Waals surface area contributed by atoms with Crippen molar-refractivity contribution < 1.29 is 18.0 Å². The average Bonchev–Trinajstić information content (AvgIpc) is 3.30. The zero-order chi connectivity index (χ0) is 26.6. The summed E-state index contributed by atoms with van der Waals surface area (Å²) in [5, 5.41) is 4.17. The Morgan fingerprint density at radius 2 is 1.72 bits per heavy atom. The van der Waals surface area contributed by atoms with Crippen molar-refractivity contribution in [2.75, 3.05) is 17.1 Å². The van der Waals surface area contributed by atoms with E-state index >= 15 is 0 Å². The monoisotopic (exact) mass is 573 g/mol. The molecule has 1 saturated carbocycles. The fourth-order valence-electron chi connectivity index (χ4n) is 4.16. The molecule has 2 aromatic rings. The fourth-order valence-corrected chi connectivity index (χ4v) is 5.64. The van der Waals surface area contributed by atoms with E-state index in [2.05, 4.69) is 5.32 Å². The number of sulfonamides is 1. The third-order valence-corrected chi connectivity index (χ3v) is 8.48. The van der Waals surface area contributed by atoms with E-state index in [1.165, 1.54) is 11.0 Å². The predicted molar refractivity (Wildman–Crippen MR) is 145 cm³/mol. The maximum Gasteiger partial charge on any atom is 0.244 e. The first-order chi connectivity index (χ1) is 16.9. The Morgan fingerprint density at radius 1 is 1.06 bits per heavy atom. The molecule has 11 heteroatoms. The lowest BCUT2D eigenvalue weighted by Gasteiger charge is -2.32. The molecule has 36 heavy (non-hydrogen) atoms. The molecule has 0 radical (unpaired) electrons. The first-order valence-electron chi connectivity index (χ1n) is 11.6. The molecule has 2 amide bonds. The average molecular weight is 575 g/mol. The molecule has 2 aromatic carbocycles. The molecule has 0 bridgehead atoms. The number of aryl methyl sites for hydroxylation is 1. The van der Waals surface area contributed by atoms with Crippen molar-refractivity contribution in [1.29, 1.82) is 0 Å². The molecular weight excluding hydrogens is 545 g/mol. The maximum absolute atomic E-state index is 13.6. The molecule has 0 aromatic heterocycles. The first-order valence-corrected chi connectivity index (χ1v) is 14.6. The van der Waals surface area contributed by atoms with Gasteiger partial charge in [-0.1, -0.05) is 59.8 Å². The molecule has 196 valence electrons. The number of hydrogen-bond donors (Lipinski definition) is 1. The predicted octanol–water partition coefficient (Wildman–Crippen LogP) is 5.20. The van der Waals surface area contributed by atoms with Gasteiger partial charge in [-0.3, -0.25) is 13.9 Å². The van der Waals surface area contributed by atoms with Crippen molar-refractivity contribution in [3.63, 3.8) is 0 Å². The number of amides is 2. The Morgan fingerprint density at radius 3 is 2.31 bits per heavy atom. The minimum atomic E-state index is -3.84. The molecule has 7 nitrogen and oxygen atoms in total. The number of rotatable bonds is 9. The van der Waals surface area contributed by atoms with Gasteiger partial charge in [-0.05, 0) is 62.1 Å². The van der Waals surface area contributed by atoms with Crippen LogP contribution in [0.15, 0.2) is 36.4 Å². The number of nitrogens with zero attached hydrogens (tertiary/aromatic N) is 2. The van der Waals surface area contributed by atoms with Crippen LogP contribution in [0.25, 0.3) is 0 Å². The van der Waals surface area contributed by atoms with Crippen LogP contribution in [0.3, 0.4) is 0 Å². The van der Waals surface area contributed by atoms with Gasteiger partial charge in [0.15, 0.2) is 0 Å². The smallest absolute Gasteiger partial charge is 0.244 e. The molecule has 1 aliphatic carbocycles. The van der Waals surface area contributed by atoms with Gasteiger partial charge in [-0.2, -0.15) is 0 Å². The SMILES string of the molecule is Cc1ccc(N(CC(=O)N(Cc2ccc(Cl)cc2Cl)C(C)C(=O)NC2CCCC2)S(C)(=O)=O)cc1Cl. The van der Waals surface area contributed by atoms with Gasteiger partial charge in [0, 0.05) is 27.7 Å². The molecule has 1 fully saturated rings. The van der Waals surface area contributed by atoms with E-state index in [4.69, 9.17) is 34.8 Å². The van der Waals surface area contributed by atoms with E-state index < -0.39 is 28.5 Å². The highest BCUT2D eigenvalue weighted by Gasteiger charge is 2.31. The van der Waals surface area contributed by atoms with E-state index in [0.29, 0.717) is 20.6 Å². The topological polar surface area (TPSA) is 86.8 Å². The highest BCUT2D eigenvalue weighted by atomic mass is 35.5. The highest BCUT2D eigenvalue weighted by molar-refractivity contribution is 7.92. The zero-order valence-corrected chi connectivity index (χ0v) is 23.5. The van der Waals surface area contributed by atoms with Gasteiger partial charge in [-0.15, -0.1) is 0 Å². The summed E-state index contributed by atoms with van der Waals surface area (Å²) in [6.45, 7) is 2.91. The van der Waals surface area contributed by atoms with E-state index in [1.807, 2.05) is 0 Å². The van der Waals surface area contributed by atoms with Crippen molar-refractivity contribution in [2.45, 2.75) is 58.2 Å². The normalized spacial score (nSPS) is 14.9. The third-order valence-electron chi connectivity index (χ3n) is 6.35. The van der Waals surface area contributed by atoms with Crippen molar-refractivity contribution in [2.24, 2.45) is 0 Å². The van der Waals surface area contributed by atoms with Crippen LogP contribution in [-0.4, -0.2) is 50.0 Å². The van der Waals surface area contributed by atoms with E-state index in [9.17, 15) is 18.0 Å². The fraction of sp³-hybridized carbons (Fsp3) is 0.440. The van der Waals surface area contributed by atoms with Crippen LogP contribution in [0, 0.1) is 6.92 Å². The number of benzene rings is 2. The molecule has 0 spiro atoms. The Balaban J connectivity index is 1.92. The van der Waals surface area contributed by atoms with Crippen LogP contribution in [0.2, 0.25) is 15.1 Å². The molecule has 1 aliphatic rings. The quantitative estimate of drug-likeness (QED) is 0.446. The largest absolute Gasteiger partial charge is 0.352 e. The van der Waals surface area contributed by atoms with Crippen LogP contribution in [0.1, 0.15) is 43.7 Å². The van der Waals surface area contributed by atoms with E-state index in [0.717, 1.165) is 41.8 Å². The van der Waals surface area contributed by atoms with Gasteiger partial charge >= 0.3 is 0 Å². The summed E-state index contributed by atoms with van der Waals surface area (Å²) in [5.74, 6) is -0.859. The molecule has 1 N–H and O–H groups in total. The summed E-state index contributed by atoms with van der Waals surface area (Å²) in [5.41, 5.74) is 1.62. The lowest BCUT2D eigenvalue weighted by atomic mass is 10.1. The van der Waals surface area contributed by atoms with Gasteiger partial charge in [-0.25, -0.2) is 8.42 Å². The molecule has 0 heterocycles. The molecule has 1 atom stereocenters. The second kappa shape index (κ2) is 12.0. The summed E-state index contributed by atoms with van der Waals surface area (Å²) in [7, 11) is -3.84. The molecule has 0 aliphatic heterocycles. The van der Waals surface area contributed by atoms with Crippen LogP contribution >= 0.6 is 34.8 Å². The lowest BCUT2D eigenvalue weighted by Crippen LogP contribution is -2.52. The van der Waals surface area contributed by atoms with Crippen molar-refractivity contribution in [3.8, 4) is 0 Å². The van der Waals surface area contributed by atoms with Gasteiger partial charge in [0.05, 0.1) is 11.9 Å². The number of halogens is 3. The highest BCUT2D eigenvalue weighted by Crippen LogP contribution is 2.27. The number of hydrogen-bond acceptors (Lipinski definition) is 4. The first kappa shape index (κ1) is 28.6. The molecule has 0 saturated heterocycles. The van der Waals surface area contributed by atoms with E-state index in [1.54, 1.807) is 44.2 Å². The van der Waals surface area contributed by atoms with E-state index in [-0.39, 0.29) is 24.2 Å². The summed E-state index contributed by atoms with van der Waals surface area (Å²) < 4.78 is 26.3. The summed E-state index contributed by atoms with van der Waals surface area (Å²) in [6, 6.07) is 8.86. The Kier molecular flexibility index (Phi) is 9.55. The van der Waals surface area contributed by atoms with Gasteiger partial charge in [0.1, 0.15) is 12.6 Å². The van der Waals surface area contributed by atoms with Gasteiger partial charge < -0.3 is 10.2 Å². The number of carbonyl (C=O) groups excluding carboxylic acids is 2. The van der Waals surface area contributed by atoms with Crippen molar-refractivity contribution in [1.82, 2.24) is 10.2 Å². The Hall–Kier alpha value is -2.00. The number of anilines is 1. The van der Waals surface area contributed by atoms with Crippen molar-refractivity contribution in [3.05, 3.63) is 62.6 Å². The lowest BCUT2D eigenvalue weighted by molar-refractivity contribution is -0.139. The van der Waals surface area contributed by atoms with Crippen LogP contribution in [0.5, 0.6) is 0 Å². The van der Waals surface area contributed by atoms with Gasteiger partial charge in [0.25, 0.3) is 0 Å².